The Morgan fingerprint density at radius 2 is 1.24 bits per heavy atom. The Hall–Kier alpha value is -5.82. The number of aryl methyl sites for hydroxylation is 1. The van der Waals surface area contributed by atoms with Gasteiger partial charge in [-0.3, -0.25) is 10.4 Å². The van der Waals surface area contributed by atoms with E-state index in [1.807, 2.05) is 36.1 Å². The number of pyridine rings is 1. The highest BCUT2D eigenvalue weighted by Crippen LogP contribution is 2.31. The second-order valence-electron chi connectivity index (χ2n) is 15.5. The summed E-state index contributed by atoms with van der Waals surface area (Å²) in [5.74, 6) is 0.400. The maximum atomic E-state index is 13.6. The van der Waals surface area contributed by atoms with Gasteiger partial charge in [0, 0.05) is 97.1 Å². The van der Waals surface area contributed by atoms with E-state index in [0.29, 0.717) is 40.8 Å². The average molecular weight is 1030 g/mol. The van der Waals surface area contributed by atoms with Gasteiger partial charge < -0.3 is 4.42 Å². The zero-order valence-electron chi connectivity index (χ0n) is 37.3. The molecule has 0 atom stereocenters. The molecule has 0 bridgehead atoms. The van der Waals surface area contributed by atoms with Crippen LogP contribution in [0.2, 0.25) is 0 Å². The number of sulfonamides is 3. The maximum absolute atomic E-state index is 13.6. The number of hydrogen-bond donors (Lipinski definition) is 1. The summed E-state index contributed by atoms with van der Waals surface area (Å²) in [5.41, 5.74) is 9.64. The summed E-state index contributed by atoms with van der Waals surface area (Å²) in [4.78, 5) is 18.8. The van der Waals surface area contributed by atoms with E-state index in [4.69, 9.17) is 9.40 Å². The standard InChI is InChI=1S/C46H45N9O7S6/c1-6-55(68(60,61)41-17-11-34(12-18-41)42-28-63-31(2)49-42)20-19-32-21-37(24-47-23-32)45-50-43(29-64-45)35-9-15-40(16-10-35)67(58,59)54(5)26-33-22-38(62-27-33)25-48-52-46-51-44(30-65-46)36-7-13-39(14-8-36)66(56,57)53(3)4/h7-18,21-25,27-30H,6,19-20,26H2,1-5H3,(H,51,52)/b48-25+. The molecule has 5 aromatic heterocycles. The first-order chi connectivity index (χ1) is 32.5. The molecular formula is C46H45N9O7S6. The lowest BCUT2D eigenvalue weighted by molar-refractivity contribution is 0.431. The van der Waals surface area contributed by atoms with Gasteiger partial charge in [-0.05, 0) is 67.4 Å². The summed E-state index contributed by atoms with van der Waals surface area (Å²) >= 11 is 4.30. The van der Waals surface area contributed by atoms with Crippen LogP contribution in [0.4, 0.5) is 5.13 Å². The van der Waals surface area contributed by atoms with Crippen molar-refractivity contribution in [3.63, 3.8) is 0 Å². The summed E-state index contributed by atoms with van der Waals surface area (Å²) in [6.07, 6.45) is 6.83. The number of nitrogens with one attached hydrogen (secondary N) is 1. The van der Waals surface area contributed by atoms with E-state index in [2.05, 4.69) is 25.5 Å². The molecule has 0 saturated heterocycles. The van der Waals surface area contributed by atoms with Crippen molar-refractivity contribution < 1.29 is 29.7 Å². The second-order valence-corrected chi connectivity index (χ2v) is 24.4. The fourth-order valence-corrected chi connectivity index (χ4v) is 12.5. The number of aromatic nitrogens is 4. The van der Waals surface area contributed by atoms with Crippen LogP contribution in [-0.2, 0) is 43.0 Å². The van der Waals surface area contributed by atoms with Gasteiger partial charge in [0.2, 0.25) is 35.2 Å². The molecule has 0 unspecified atom stereocenters. The van der Waals surface area contributed by atoms with Crippen molar-refractivity contribution in [3.8, 4) is 44.3 Å². The second kappa shape index (κ2) is 20.4. The molecule has 68 heavy (non-hydrogen) atoms. The van der Waals surface area contributed by atoms with E-state index in [1.165, 1.54) is 64.9 Å². The van der Waals surface area contributed by atoms with E-state index in [-0.39, 0.29) is 27.8 Å². The largest absolute Gasteiger partial charge is 0.463 e. The maximum Gasteiger partial charge on any atom is 0.243 e. The highest BCUT2D eigenvalue weighted by molar-refractivity contribution is 7.89. The number of furan rings is 1. The van der Waals surface area contributed by atoms with Crippen molar-refractivity contribution in [3.05, 3.63) is 142 Å². The fraction of sp³-hybridized carbons (Fsp3) is 0.196. The minimum absolute atomic E-state index is 0.0517. The number of likely N-dealkylation sites (N-methyl/N-ethyl adjacent to an activating group) is 1. The van der Waals surface area contributed by atoms with Gasteiger partial charge in [0.1, 0.15) is 10.8 Å². The third-order valence-electron chi connectivity index (χ3n) is 10.7. The van der Waals surface area contributed by atoms with Gasteiger partial charge in [0.15, 0.2) is 0 Å². The molecule has 3 aromatic carbocycles. The lowest BCUT2D eigenvalue weighted by atomic mass is 10.1. The predicted molar refractivity (Wildman–Crippen MR) is 268 cm³/mol. The van der Waals surface area contributed by atoms with E-state index in [0.717, 1.165) is 47.8 Å². The van der Waals surface area contributed by atoms with Crippen molar-refractivity contribution in [2.45, 2.75) is 41.5 Å². The van der Waals surface area contributed by atoms with Gasteiger partial charge in [0.25, 0.3) is 0 Å². The predicted octanol–water partition coefficient (Wildman–Crippen LogP) is 8.79. The molecule has 1 N–H and O–H groups in total. The van der Waals surface area contributed by atoms with Crippen LogP contribution >= 0.6 is 34.0 Å². The summed E-state index contributed by atoms with van der Waals surface area (Å²) in [6, 6.07) is 23.5. The first kappa shape index (κ1) is 48.6. The van der Waals surface area contributed by atoms with Crippen LogP contribution in [0, 0.1) is 6.92 Å². The van der Waals surface area contributed by atoms with Gasteiger partial charge in [-0.15, -0.1) is 34.0 Å². The third kappa shape index (κ3) is 10.9. The molecular weight excluding hydrogens is 983 g/mol. The van der Waals surface area contributed by atoms with Crippen LogP contribution in [-0.4, -0.2) is 98.6 Å². The van der Waals surface area contributed by atoms with E-state index in [9.17, 15) is 25.3 Å². The quantitative estimate of drug-likeness (QED) is 0.0597. The van der Waals surface area contributed by atoms with E-state index < -0.39 is 30.1 Å². The van der Waals surface area contributed by atoms with Gasteiger partial charge in [0.05, 0.1) is 49.3 Å². The number of rotatable bonds is 19. The number of anilines is 1. The van der Waals surface area contributed by atoms with Crippen molar-refractivity contribution in [1.82, 2.24) is 32.9 Å². The first-order valence-electron chi connectivity index (χ1n) is 20.9. The van der Waals surface area contributed by atoms with Crippen LogP contribution in [0.1, 0.15) is 28.8 Å². The summed E-state index contributed by atoms with van der Waals surface area (Å²) in [5, 5.41) is 12.1. The normalized spacial score (nSPS) is 12.5. The van der Waals surface area contributed by atoms with Crippen molar-refractivity contribution >= 4 is 75.4 Å². The van der Waals surface area contributed by atoms with Crippen LogP contribution in [0.15, 0.2) is 144 Å². The molecule has 16 nitrogen and oxygen atoms in total. The lowest BCUT2D eigenvalue weighted by Crippen LogP contribution is -2.32. The van der Waals surface area contributed by atoms with Crippen LogP contribution in [0.25, 0.3) is 44.3 Å². The number of benzene rings is 3. The molecule has 5 heterocycles. The van der Waals surface area contributed by atoms with Gasteiger partial charge in [-0.25, -0.2) is 44.5 Å². The Bertz CT molecular complexity index is 3400. The number of nitrogens with zero attached hydrogens (tertiary/aromatic N) is 8. The molecule has 8 rings (SSSR count). The summed E-state index contributed by atoms with van der Waals surface area (Å²) in [6.45, 7) is 4.38. The van der Waals surface area contributed by atoms with Crippen LogP contribution < -0.4 is 5.43 Å². The molecule has 0 fully saturated rings. The molecule has 0 amide bonds. The van der Waals surface area contributed by atoms with Crippen molar-refractivity contribution in [2.75, 3.05) is 39.7 Å². The van der Waals surface area contributed by atoms with Crippen molar-refractivity contribution in [2.24, 2.45) is 5.10 Å². The average Bonchev–Trinajstić information content (AvgIpc) is 4.19. The smallest absolute Gasteiger partial charge is 0.243 e. The molecule has 352 valence electrons. The highest BCUT2D eigenvalue weighted by Gasteiger charge is 2.25. The van der Waals surface area contributed by atoms with Crippen LogP contribution in [0.5, 0.6) is 0 Å². The summed E-state index contributed by atoms with van der Waals surface area (Å²) in [7, 11) is -6.68. The molecule has 22 heteroatoms. The third-order valence-corrected chi connectivity index (χ3v) is 18.7. The zero-order valence-corrected chi connectivity index (χ0v) is 42.2. The topological polar surface area (TPSA) is 201 Å². The zero-order chi connectivity index (χ0) is 48.2. The Kier molecular flexibility index (Phi) is 14.6. The summed E-state index contributed by atoms with van der Waals surface area (Å²) < 4.78 is 88.7. The molecule has 0 spiro atoms. The Morgan fingerprint density at radius 3 is 1.84 bits per heavy atom. The molecule has 0 aliphatic heterocycles. The number of thiazole rings is 3. The number of hydrazone groups is 1. The Balaban J connectivity index is 0.841. The van der Waals surface area contributed by atoms with Gasteiger partial charge >= 0.3 is 0 Å². The molecule has 8 aromatic rings. The molecule has 0 aliphatic rings. The van der Waals surface area contributed by atoms with Crippen LogP contribution in [0.3, 0.4) is 0 Å². The fourth-order valence-electron chi connectivity index (χ4n) is 6.91. The van der Waals surface area contributed by atoms with Crippen molar-refractivity contribution in [1.29, 1.82) is 0 Å². The molecule has 0 radical (unpaired) electrons. The Morgan fingerprint density at radius 1 is 0.662 bits per heavy atom. The highest BCUT2D eigenvalue weighted by atomic mass is 32.2. The minimum atomic E-state index is -3.87. The SMILES string of the molecule is CCN(CCc1cncc(-c2nc(-c3ccc(S(=O)(=O)N(C)Cc4coc(/C=N/Nc5nc(-c6ccc(S(=O)(=O)N(C)C)cc6)cs5)c4)cc3)cs2)c1)S(=O)(=O)c1ccc(-c2csc(C)n2)cc1. The number of hydrogen-bond acceptors (Lipinski definition) is 16. The van der Waals surface area contributed by atoms with Gasteiger partial charge in [-0.1, -0.05) is 43.3 Å². The molecule has 0 aliphatic carbocycles. The van der Waals surface area contributed by atoms with Gasteiger partial charge in [-0.2, -0.15) is 13.7 Å². The van der Waals surface area contributed by atoms with E-state index >= 15 is 0 Å². The van der Waals surface area contributed by atoms with E-state index in [1.54, 1.807) is 103 Å². The molecule has 0 saturated carbocycles. The minimum Gasteiger partial charge on any atom is -0.463 e. The Labute approximate surface area is 407 Å². The first-order valence-corrected chi connectivity index (χ1v) is 27.8. The monoisotopic (exact) mass is 1030 g/mol. The lowest BCUT2D eigenvalue weighted by Gasteiger charge is -2.20.